The number of nitrogens with zero attached hydrogens (tertiary/aromatic N) is 4. The number of ether oxygens (including phenoxy) is 1. The van der Waals surface area contributed by atoms with E-state index >= 15 is 0 Å². The second kappa shape index (κ2) is 11.8. The molecule has 1 unspecified atom stereocenters. The molecule has 6 N–H and O–H groups in total. The fourth-order valence-corrected chi connectivity index (χ4v) is 6.08. The minimum Gasteiger partial charge on any atom is -0.386 e. The molecule has 0 bridgehead atoms. The summed E-state index contributed by atoms with van der Waals surface area (Å²) in [5, 5.41) is 28.6. The van der Waals surface area contributed by atoms with Crippen LogP contribution in [0.1, 0.15) is 24.8 Å². The van der Waals surface area contributed by atoms with E-state index in [1.54, 1.807) is 19.1 Å². The van der Waals surface area contributed by atoms with Crippen molar-refractivity contribution in [2.24, 2.45) is 0 Å². The van der Waals surface area contributed by atoms with Crippen LogP contribution in [0.2, 0.25) is 5.28 Å². The lowest BCUT2D eigenvalue weighted by atomic mass is 10.1. The first-order valence-corrected chi connectivity index (χ1v) is 14.5. The van der Waals surface area contributed by atoms with Crippen molar-refractivity contribution in [1.29, 1.82) is 0 Å². The summed E-state index contributed by atoms with van der Waals surface area (Å²) < 4.78 is 46.8. The van der Waals surface area contributed by atoms with Crippen LogP contribution in [0.3, 0.4) is 0 Å². The molecule has 1 aromatic carbocycles. The zero-order valence-electron chi connectivity index (χ0n) is 19.4. The number of rotatable bonds is 12. The van der Waals surface area contributed by atoms with Gasteiger partial charge in [0, 0.05) is 13.2 Å². The molecular formula is C19H25ClFN5O9P2. The van der Waals surface area contributed by atoms with E-state index in [0.29, 0.717) is 5.39 Å². The summed E-state index contributed by atoms with van der Waals surface area (Å²) in [4.78, 5) is 35.6. The van der Waals surface area contributed by atoms with Gasteiger partial charge in [-0.25, -0.2) is 9.07 Å². The van der Waals surface area contributed by atoms with Crippen molar-refractivity contribution in [3.05, 3.63) is 47.1 Å². The quantitative estimate of drug-likeness (QED) is 0.133. The van der Waals surface area contributed by atoms with Gasteiger partial charge in [0.1, 0.15) is 23.8 Å². The highest BCUT2D eigenvalue weighted by molar-refractivity contribution is 7.70. The number of aliphatic hydroxyl groups excluding tert-OH is 2. The molecule has 0 amide bonds. The summed E-state index contributed by atoms with van der Waals surface area (Å²) in [5.41, 5.74) is 0.764. The van der Waals surface area contributed by atoms with Gasteiger partial charge in [0.15, 0.2) is 17.8 Å². The molecule has 37 heavy (non-hydrogen) atoms. The lowest BCUT2D eigenvalue weighted by Gasteiger charge is -2.26. The maximum absolute atomic E-state index is 13.2. The van der Waals surface area contributed by atoms with Gasteiger partial charge >= 0.3 is 15.2 Å². The van der Waals surface area contributed by atoms with Crippen LogP contribution in [0.25, 0.3) is 11.0 Å². The van der Waals surface area contributed by atoms with Crippen LogP contribution in [-0.4, -0.2) is 76.5 Å². The molecule has 2 aromatic heterocycles. The summed E-state index contributed by atoms with van der Waals surface area (Å²) in [5.74, 6) is -1.58. The number of hydrogen-bond donors (Lipinski definition) is 6. The summed E-state index contributed by atoms with van der Waals surface area (Å²) in [6, 6.07) is 5.46. The number of nitrogens with one attached hydrogen (secondary N) is 1. The van der Waals surface area contributed by atoms with Gasteiger partial charge in [-0.1, -0.05) is 12.1 Å². The van der Waals surface area contributed by atoms with Crippen molar-refractivity contribution < 1.29 is 47.7 Å². The first-order chi connectivity index (χ1) is 17.2. The van der Waals surface area contributed by atoms with Crippen molar-refractivity contribution >= 4 is 43.6 Å². The van der Waals surface area contributed by atoms with Crippen LogP contribution < -0.4 is 5.32 Å². The van der Waals surface area contributed by atoms with E-state index in [1.807, 2.05) is 0 Å². The Morgan fingerprint density at radius 2 is 1.81 bits per heavy atom. The Balaban J connectivity index is 1.81. The van der Waals surface area contributed by atoms with E-state index in [2.05, 4.69) is 24.9 Å². The second-order valence-electron chi connectivity index (χ2n) is 8.00. The molecule has 0 aliphatic heterocycles. The average Bonchev–Trinajstić information content (AvgIpc) is 3.21. The number of aromatic nitrogens is 4. The van der Waals surface area contributed by atoms with E-state index < -0.39 is 46.1 Å². The van der Waals surface area contributed by atoms with Crippen molar-refractivity contribution in [1.82, 2.24) is 19.7 Å². The zero-order chi connectivity index (χ0) is 27.5. The lowest BCUT2D eigenvalue weighted by molar-refractivity contribution is -0.117. The average molecular weight is 584 g/mol. The molecule has 0 radical (unpaired) electrons. The molecule has 204 valence electrons. The van der Waals surface area contributed by atoms with E-state index in [9.17, 15) is 28.6 Å². The maximum atomic E-state index is 13.2. The third-order valence-electron chi connectivity index (χ3n) is 5.19. The highest BCUT2D eigenvalue weighted by Crippen LogP contribution is 2.55. The van der Waals surface area contributed by atoms with Gasteiger partial charge in [0.25, 0.3) is 0 Å². The molecule has 0 saturated heterocycles. The molecule has 14 nitrogen and oxygen atoms in total. The fourth-order valence-electron chi connectivity index (χ4n) is 3.35. The molecule has 3 aromatic rings. The van der Waals surface area contributed by atoms with Crippen LogP contribution in [0.5, 0.6) is 0 Å². The van der Waals surface area contributed by atoms with Crippen molar-refractivity contribution in [3.63, 3.8) is 0 Å². The number of methoxy groups -OCH3 is 1. The van der Waals surface area contributed by atoms with Crippen LogP contribution in [0.4, 0.5) is 10.2 Å². The topological polar surface area (TPSA) is 209 Å². The largest absolute Gasteiger partial charge is 0.386 e. The summed E-state index contributed by atoms with van der Waals surface area (Å²) in [6.07, 6.45) is -3.73. The van der Waals surface area contributed by atoms with Crippen LogP contribution in [0.15, 0.2) is 30.5 Å². The van der Waals surface area contributed by atoms with Gasteiger partial charge in [-0.3, -0.25) is 9.13 Å². The van der Waals surface area contributed by atoms with Crippen LogP contribution in [-0.2, 0) is 18.4 Å². The molecular weight excluding hydrogens is 559 g/mol. The molecule has 0 saturated carbocycles. The number of aliphatic hydroxyl groups is 2. The predicted molar refractivity (Wildman–Crippen MR) is 130 cm³/mol. The van der Waals surface area contributed by atoms with Crippen molar-refractivity contribution in [3.8, 4) is 0 Å². The highest BCUT2D eigenvalue weighted by atomic mass is 35.5. The van der Waals surface area contributed by atoms with Gasteiger partial charge in [0.05, 0.1) is 18.2 Å². The molecule has 0 fully saturated rings. The number of fused-ring (bicyclic) bond motifs is 1. The zero-order valence-corrected chi connectivity index (χ0v) is 22.0. The number of anilines is 1. The Labute approximate surface area is 214 Å². The Morgan fingerprint density at radius 1 is 1.16 bits per heavy atom. The maximum Gasteiger partial charge on any atom is 0.340 e. The van der Waals surface area contributed by atoms with Crippen molar-refractivity contribution in [2.75, 3.05) is 24.9 Å². The van der Waals surface area contributed by atoms with Gasteiger partial charge in [-0.15, -0.1) is 0 Å². The summed E-state index contributed by atoms with van der Waals surface area (Å²) in [6.45, 7) is 1.01. The number of hydrogen-bond acceptors (Lipinski definition) is 10. The Morgan fingerprint density at radius 3 is 2.41 bits per heavy atom. The van der Waals surface area contributed by atoms with E-state index in [-0.39, 0.29) is 28.6 Å². The van der Waals surface area contributed by atoms with Gasteiger partial charge in [-0.05, 0) is 36.2 Å². The number of halogens is 2. The third kappa shape index (κ3) is 7.74. The van der Waals surface area contributed by atoms with Crippen LogP contribution in [0, 0.1) is 5.82 Å². The standard InChI is InChI=1S/C19H25ClFN5O9P2/c1-10(11-3-5-12(21)6-4-11)23-16-13-7-22-26(17(13)25-19(20)24-16)18(28)15(27)14(34-2)8-35-37(32,33)9-36(29,30)31/h3-7,10,14-15,18,27-28H,8-9H2,1-2H3,(H,32,33)(H,23,24,25)(H2,29,30,31)/t10-,14+,15+,18+/m0/s1. The van der Waals surface area contributed by atoms with E-state index in [1.165, 1.54) is 18.3 Å². The molecule has 3 rings (SSSR count). The minimum atomic E-state index is -4.86. The molecule has 0 aliphatic carbocycles. The monoisotopic (exact) mass is 583 g/mol. The normalized spacial score (nSPS) is 17.2. The SMILES string of the molecule is CO[C@H](COP(=O)(O)CP(=O)(O)O)[C@@H](O)[C@@H](O)n1ncc2c(N[C@@H](C)c3ccc(F)cc3)nc(Cl)nc21. The molecule has 18 heteroatoms. The Hall–Kier alpha value is -2.03. The Kier molecular flexibility index (Phi) is 9.41. The van der Waals surface area contributed by atoms with Crippen LogP contribution >= 0.6 is 26.8 Å². The smallest absolute Gasteiger partial charge is 0.340 e. The summed E-state index contributed by atoms with van der Waals surface area (Å²) in [7, 11) is -8.47. The van der Waals surface area contributed by atoms with E-state index in [0.717, 1.165) is 17.4 Å². The van der Waals surface area contributed by atoms with Gasteiger partial charge in [-0.2, -0.15) is 15.1 Å². The number of benzene rings is 1. The minimum absolute atomic E-state index is 0.0189. The first kappa shape index (κ1) is 29.5. The fraction of sp³-hybridized carbons (Fsp3) is 0.421. The Bertz CT molecular complexity index is 1330. The van der Waals surface area contributed by atoms with Gasteiger partial charge in [0.2, 0.25) is 5.28 Å². The first-order valence-electron chi connectivity index (χ1n) is 10.5. The lowest BCUT2D eigenvalue weighted by Crippen LogP contribution is -2.39. The summed E-state index contributed by atoms with van der Waals surface area (Å²) >= 11 is 6.07. The van der Waals surface area contributed by atoms with Gasteiger partial charge < -0.3 is 39.5 Å². The second-order valence-corrected chi connectivity index (χ2v) is 12.3. The molecule has 2 heterocycles. The van der Waals surface area contributed by atoms with Crippen molar-refractivity contribution in [2.45, 2.75) is 31.4 Å². The third-order valence-corrected chi connectivity index (χ3v) is 8.82. The highest BCUT2D eigenvalue weighted by Gasteiger charge is 2.35. The molecule has 0 aliphatic rings. The molecule has 5 atom stereocenters. The molecule has 0 spiro atoms. The van der Waals surface area contributed by atoms with E-state index in [4.69, 9.17) is 26.1 Å². The predicted octanol–water partition coefficient (Wildman–Crippen LogP) is 2.00.